The SMILES string of the molecule is CCNc1cc(C)ccc1C(=O)NC(C)CC(N)=O. The van der Waals surface area contributed by atoms with Gasteiger partial charge in [-0.25, -0.2) is 0 Å². The highest BCUT2D eigenvalue weighted by atomic mass is 16.2. The molecule has 1 aromatic rings. The summed E-state index contributed by atoms with van der Waals surface area (Å²) >= 11 is 0. The Morgan fingerprint density at radius 2 is 2.05 bits per heavy atom. The van der Waals surface area contributed by atoms with Crippen LogP contribution in [-0.2, 0) is 4.79 Å². The van der Waals surface area contributed by atoms with E-state index in [1.807, 2.05) is 26.0 Å². The van der Waals surface area contributed by atoms with Gasteiger partial charge in [-0.05, 0) is 38.5 Å². The van der Waals surface area contributed by atoms with Gasteiger partial charge in [-0.2, -0.15) is 0 Å². The van der Waals surface area contributed by atoms with E-state index in [1.165, 1.54) is 0 Å². The minimum atomic E-state index is -0.427. The third-order valence-electron chi connectivity index (χ3n) is 2.67. The van der Waals surface area contributed by atoms with Crippen LogP contribution in [0.2, 0.25) is 0 Å². The standard InChI is InChI=1S/C14H21N3O2/c1-4-16-12-7-9(2)5-6-11(12)14(19)17-10(3)8-13(15)18/h5-7,10,16H,4,8H2,1-3H3,(H2,15,18)(H,17,19). The Kier molecular flexibility index (Phi) is 5.36. The Labute approximate surface area is 113 Å². The Morgan fingerprint density at radius 1 is 1.37 bits per heavy atom. The predicted octanol–water partition coefficient (Wildman–Crippen LogP) is 1.42. The van der Waals surface area contributed by atoms with E-state index in [4.69, 9.17) is 5.73 Å². The number of rotatable bonds is 6. The fraction of sp³-hybridized carbons (Fsp3) is 0.429. The molecule has 0 saturated carbocycles. The first-order valence-electron chi connectivity index (χ1n) is 6.37. The second kappa shape index (κ2) is 6.78. The average Bonchev–Trinajstić information content (AvgIpc) is 2.27. The van der Waals surface area contributed by atoms with Gasteiger partial charge < -0.3 is 16.4 Å². The number of nitrogens with two attached hydrogens (primary N) is 1. The third-order valence-corrected chi connectivity index (χ3v) is 2.67. The molecule has 104 valence electrons. The topological polar surface area (TPSA) is 84.2 Å². The second-order valence-corrected chi connectivity index (χ2v) is 4.62. The molecule has 4 N–H and O–H groups in total. The van der Waals surface area contributed by atoms with Crippen LogP contribution in [0.3, 0.4) is 0 Å². The summed E-state index contributed by atoms with van der Waals surface area (Å²) in [5.41, 5.74) is 7.55. The smallest absolute Gasteiger partial charge is 0.253 e. The molecule has 19 heavy (non-hydrogen) atoms. The zero-order chi connectivity index (χ0) is 14.4. The van der Waals surface area contributed by atoms with Crippen LogP contribution in [0.1, 0.15) is 36.2 Å². The molecule has 0 aromatic heterocycles. The van der Waals surface area contributed by atoms with E-state index >= 15 is 0 Å². The fourth-order valence-corrected chi connectivity index (χ4v) is 1.85. The predicted molar refractivity (Wildman–Crippen MR) is 76.1 cm³/mol. The highest BCUT2D eigenvalue weighted by Crippen LogP contribution is 2.17. The molecule has 2 amide bonds. The highest BCUT2D eigenvalue weighted by Gasteiger charge is 2.14. The van der Waals surface area contributed by atoms with E-state index in [-0.39, 0.29) is 18.4 Å². The Bertz CT molecular complexity index is 472. The Hall–Kier alpha value is -2.04. The number of nitrogens with one attached hydrogen (secondary N) is 2. The van der Waals surface area contributed by atoms with Crippen LogP contribution < -0.4 is 16.4 Å². The molecule has 5 heteroatoms. The zero-order valence-electron chi connectivity index (χ0n) is 11.6. The maximum Gasteiger partial charge on any atom is 0.253 e. The summed E-state index contributed by atoms with van der Waals surface area (Å²) in [6.45, 7) is 6.43. The van der Waals surface area contributed by atoms with E-state index in [9.17, 15) is 9.59 Å². The van der Waals surface area contributed by atoms with Crippen LogP contribution in [0.5, 0.6) is 0 Å². The maximum atomic E-state index is 12.1. The van der Waals surface area contributed by atoms with E-state index < -0.39 is 5.91 Å². The van der Waals surface area contributed by atoms with Gasteiger partial charge in [-0.1, -0.05) is 6.07 Å². The van der Waals surface area contributed by atoms with Crippen molar-refractivity contribution in [2.24, 2.45) is 5.73 Å². The van der Waals surface area contributed by atoms with Crippen molar-refractivity contribution >= 4 is 17.5 Å². The van der Waals surface area contributed by atoms with Gasteiger partial charge in [0.1, 0.15) is 0 Å². The van der Waals surface area contributed by atoms with Crippen LogP contribution in [0.4, 0.5) is 5.69 Å². The van der Waals surface area contributed by atoms with E-state index in [0.29, 0.717) is 5.56 Å². The van der Waals surface area contributed by atoms with Gasteiger partial charge in [0.25, 0.3) is 5.91 Å². The summed E-state index contributed by atoms with van der Waals surface area (Å²) in [6.07, 6.45) is 0.133. The molecule has 0 spiro atoms. The van der Waals surface area contributed by atoms with Crippen molar-refractivity contribution in [2.45, 2.75) is 33.2 Å². The summed E-state index contributed by atoms with van der Waals surface area (Å²) in [7, 11) is 0. The van der Waals surface area contributed by atoms with Gasteiger partial charge in [0.05, 0.1) is 5.56 Å². The lowest BCUT2D eigenvalue weighted by molar-refractivity contribution is -0.118. The van der Waals surface area contributed by atoms with Crippen molar-refractivity contribution < 1.29 is 9.59 Å². The van der Waals surface area contributed by atoms with Crippen molar-refractivity contribution in [3.8, 4) is 0 Å². The van der Waals surface area contributed by atoms with Crippen LogP contribution in [0, 0.1) is 6.92 Å². The monoisotopic (exact) mass is 263 g/mol. The molecule has 0 saturated heterocycles. The largest absolute Gasteiger partial charge is 0.385 e. The molecule has 1 unspecified atom stereocenters. The molecule has 0 aliphatic carbocycles. The summed E-state index contributed by atoms with van der Waals surface area (Å²) in [5.74, 6) is -0.631. The number of carbonyl (C=O) groups excluding carboxylic acids is 2. The summed E-state index contributed by atoms with van der Waals surface area (Å²) in [5, 5.41) is 5.93. The lowest BCUT2D eigenvalue weighted by Gasteiger charge is -2.15. The minimum absolute atomic E-state index is 0.133. The lowest BCUT2D eigenvalue weighted by Crippen LogP contribution is -2.36. The van der Waals surface area contributed by atoms with Crippen LogP contribution in [0.15, 0.2) is 18.2 Å². The van der Waals surface area contributed by atoms with Gasteiger partial charge in [0, 0.05) is 24.7 Å². The molecule has 1 atom stereocenters. The highest BCUT2D eigenvalue weighted by molar-refractivity contribution is 6.00. The Morgan fingerprint density at radius 3 is 2.63 bits per heavy atom. The lowest BCUT2D eigenvalue weighted by atomic mass is 10.1. The molecule has 0 heterocycles. The molecule has 0 fully saturated rings. The molecule has 5 nitrogen and oxygen atoms in total. The molecule has 0 aliphatic heterocycles. The molecule has 0 radical (unpaired) electrons. The number of primary amides is 1. The molecule has 1 rings (SSSR count). The maximum absolute atomic E-state index is 12.1. The Balaban J connectivity index is 2.84. The first kappa shape index (κ1) is 15.0. The third kappa shape index (κ3) is 4.62. The molecular weight excluding hydrogens is 242 g/mol. The summed E-state index contributed by atoms with van der Waals surface area (Å²) in [4.78, 5) is 22.9. The van der Waals surface area contributed by atoms with E-state index in [0.717, 1.165) is 17.8 Å². The molecular formula is C14H21N3O2. The van der Waals surface area contributed by atoms with Crippen LogP contribution >= 0.6 is 0 Å². The van der Waals surface area contributed by atoms with Crippen molar-refractivity contribution in [1.82, 2.24) is 5.32 Å². The second-order valence-electron chi connectivity index (χ2n) is 4.62. The quantitative estimate of drug-likeness (QED) is 0.725. The van der Waals surface area contributed by atoms with E-state index in [2.05, 4.69) is 10.6 Å². The molecule has 0 bridgehead atoms. The van der Waals surface area contributed by atoms with Crippen molar-refractivity contribution in [1.29, 1.82) is 0 Å². The normalized spacial score (nSPS) is 11.7. The fourth-order valence-electron chi connectivity index (χ4n) is 1.85. The zero-order valence-corrected chi connectivity index (χ0v) is 11.6. The first-order valence-corrected chi connectivity index (χ1v) is 6.37. The van der Waals surface area contributed by atoms with Gasteiger partial charge in [0.2, 0.25) is 5.91 Å². The van der Waals surface area contributed by atoms with E-state index in [1.54, 1.807) is 13.0 Å². The van der Waals surface area contributed by atoms with Crippen LogP contribution in [-0.4, -0.2) is 24.4 Å². The van der Waals surface area contributed by atoms with Crippen molar-refractivity contribution in [3.05, 3.63) is 29.3 Å². The van der Waals surface area contributed by atoms with Gasteiger partial charge >= 0.3 is 0 Å². The molecule has 1 aromatic carbocycles. The number of benzene rings is 1. The average molecular weight is 263 g/mol. The van der Waals surface area contributed by atoms with Crippen molar-refractivity contribution in [3.63, 3.8) is 0 Å². The number of amides is 2. The minimum Gasteiger partial charge on any atom is -0.385 e. The van der Waals surface area contributed by atoms with Gasteiger partial charge in [0.15, 0.2) is 0 Å². The summed E-state index contributed by atoms with van der Waals surface area (Å²) in [6, 6.07) is 5.31. The van der Waals surface area contributed by atoms with Crippen LogP contribution in [0.25, 0.3) is 0 Å². The number of hydrogen-bond acceptors (Lipinski definition) is 3. The van der Waals surface area contributed by atoms with Gasteiger partial charge in [-0.15, -0.1) is 0 Å². The van der Waals surface area contributed by atoms with Gasteiger partial charge in [-0.3, -0.25) is 9.59 Å². The number of anilines is 1. The first-order chi connectivity index (χ1) is 8.93. The summed E-state index contributed by atoms with van der Waals surface area (Å²) < 4.78 is 0. The number of carbonyl (C=O) groups is 2. The van der Waals surface area contributed by atoms with Crippen molar-refractivity contribution in [2.75, 3.05) is 11.9 Å². The number of hydrogen-bond donors (Lipinski definition) is 3. The number of aryl methyl sites for hydroxylation is 1. The molecule has 0 aliphatic rings.